The third-order valence-electron chi connectivity index (χ3n) is 3.29. The van der Waals surface area contributed by atoms with E-state index in [0.717, 1.165) is 11.3 Å². The van der Waals surface area contributed by atoms with Gasteiger partial charge in [-0.2, -0.15) is 0 Å². The van der Waals surface area contributed by atoms with Gasteiger partial charge in [0.25, 0.3) is 0 Å². The smallest absolute Gasteiger partial charge is 0.319 e. The van der Waals surface area contributed by atoms with E-state index >= 15 is 0 Å². The summed E-state index contributed by atoms with van der Waals surface area (Å²) in [5, 5.41) is 8.84. The van der Waals surface area contributed by atoms with Gasteiger partial charge in [0, 0.05) is 40.6 Å². The monoisotopic (exact) mass is 311 g/mol. The molecule has 0 saturated carbocycles. The molecule has 0 saturated heterocycles. The SMILES string of the molecule is CNC(C)c1cccc(NC(=O)NC(C)CCS(C)=O)c1. The molecule has 0 spiro atoms. The minimum atomic E-state index is -0.827. The van der Waals surface area contributed by atoms with Gasteiger partial charge in [-0.05, 0) is 45.0 Å². The highest BCUT2D eigenvalue weighted by atomic mass is 32.2. The average molecular weight is 311 g/mol. The van der Waals surface area contributed by atoms with Crippen molar-refractivity contribution in [3.05, 3.63) is 29.8 Å². The minimum Gasteiger partial charge on any atom is -0.335 e. The molecule has 0 radical (unpaired) electrons. The van der Waals surface area contributed by atoms with E-state index < -0.39 is 10.8 Å². The third-order valence-corrected chi connectivity index (χ3v) is 4.10. The van der Waals surface area contributed by atoms with Gasteiger partial charge in [-0.25, -0.2) is 4.79 Å². The van der Waals surface area contributed by atoms with Crippen molar-refractivity contribution >= 4 is 22.5 Å². The predicted octanol–water partition coefficient (Wildman–Crippen LogP) is 2.25. The van der Waals surface area contributed by atoms with Gasteiger partial charge in [0.1, 0.15) is 0 Å². The second-order valence-electron chi connectivity index (χ2n) is 5.20. The molecule has 1 aromatic rings. The van der Waals surface area contributed by atoms with Crippen LogP contribution in [-0.4, -0.2) is 35.3 Å². The lowest BCUT2D eigenvalue weighted by Gasteiger charge is -2.15. The maximum absolute atomic E-state index is 11.9. The highest BCUT2D eigenvalue weighted by Gasteiger charge is 2.09. The van der Waals surface area contributed by atoms with Gasteiger partial charge >= 0.3 is 6.03 Å². The van der Waals surface area contributed by atoms with Crippen LogP contribution in [0.5, 0.6) is 0 Å². The van der Waals surface area contributed by atoms with Gasteiger partial charge in [0.05, 0.1) is 0 Å². The number of carbonyl (C=O) groups is 1. The lowest BCUT2D eigenvalue weighted by atomic mass is 10.1. The summed E-state index contributed by atoms with van der Waals surface area (Å²) >= 11 is 0. The summed E-state index contributed by atoms with van der Waals surface area (Å²) in [6.07, 6.45) is 2.37. The Bertz CT molecular complexity index is 494. The van der Waals surface area contributed by atoms with Crippen LogP contribution in [-0.2, 0) is 10.8 Å². The van der Waals surface area contributed by atoms with Crippen LogP contribution >= 0.6 is 0 Å². The number of carbonyl (C=O) groups excluding carboxylic acids is 1. The lowest BCUT2D eigenvalue weighted by Crippen LogP contribution is -2.36. The Kier molecular flexibility index (Phi) is 7.39. The van der Waals surface area contributed by atoms with Crippen molar-refractivity contribution in [3.63, 3.8) is 0 Å². The van der Waals surface area contributed by atoms with Gasteiger partial charge in [0.15, 0.2) is 0 Å². The van der Waals surface area contributed by atoms with Crippen molar-refractivity contribution in [2.24, 2.45) is 0 Å². The van der Waals surface area contributed by atoms with Gasteiger partial charge < -0.3 is 16.0 Å². The van der Waals surface area contributed by atoms with Crippen molar-refractivity contribution in [1.29, 1.82) is 0 Å². The molecule has 0 fully saturated rings. The minimum absolute atomic E-state index is 0.00619. The largest absolute Gasteiger partial charge is 0.335 e. The first kappa shape index (κ1) is 17.7. The molecule has 0 aromatic heterocycles. The molecule has 0 aliphatic heterocycles. The van der Waals surface area contributed by atoms with Crippen molar-refractivity contribution in [3.8, 4) is 0 Å². The van der Waals surface area contributed by atoms with E-state index in [0.29, 0.717) is 12.2 Å². The van der Waals surface area contributed by atoms with E-state index in [9.17, 15) is 9.00 Å². The lowest BCUT2D eigenvalue weighted by molar-refractivity contribution is 0.249. The molecule has 0 aliphatic rings. The zero-order valence-corrected chi connectivity index (χ0v) is 13.9. The zero-order chi connectivity index (χ0) is 15.8. The van der Waals surface area contributed by atoms with E-state index in [4.69, 9.17) is 0 Å². The topological polar surface area (TPSA) is 70.2 Å². The molecule has 5 nitrogen and oxygen atoms in total. The first-order valence-corrected chi connectivity index (χ1v) is 8.80. The van der Waals surface area contributed by atoms with Crippen LogP contribution in [0.2, 0.25) is 0 Å². The van der Waals surface area contributed by atoms with Crippen molar-refractivity contribution in [1.82, 2.24) is 10.6 Å². The second-order valence-corrected chi connectivity index (χ2v) is 6.76. The quantitative estimate of drug-likeness (QED) is 0.723. The summed E-state index contributed by atoms with van der Waals surface area (Å²) in [5.41, 5.74) is 1.88. The number of urea groups is 1. The second kappa shape index (κ2) is 8.79. The Morgan fingerprint density at radius 3 is 2.67 bits per heavy atom. The standard InChI is InChI=1S/C15H25N3O2S/c1-11(8-9-21(4)20)17-15(19)18-14-7-5-6-13(10-14)12(2)16-3/h5-7,10-12,16H,8-9H2,1-4H3,(H2,17,18,19). The first-order chi connectivity index (χ1) is 9.92. The number of anilines is 1. The first-order valence-electron chi connectivity index (χ1n) is 7.07. The summed E-state index contributed by atoms with van der Waals surface area (Å²) in [5.74, 6) is 0.594. The molecule has 1 rings (SSSR count). The predicted molar refractivity (Wildman–Crippen MR) is 89.1 cm³/mol. The molecule has 0 heterocycles. The fourth-order valence-electron chi connectivity index (χ4n) is 1.86. The summed E-state index contributed by atoms with van der Waals surface area (Å²) in [6.45, 7) is 3.97. The third kappa shape index (κ3) is 6.73. The van der Waals surface area contributed by atoms with Gasteiger partial charge in [-0.3, -0.25) is 4.21 Å². The maximum Gasteiger partial charge on any atom is 0.319 e. The Morgan fingerprint density at radius 1 is 1.33 bits per heavy atom. The number of benzene rings is 1. The van der Waals surface area contributed by atoms with Crippen molar-refractivity contribution in [2.45, 2.75) is 32.4 Å². The summed E-state index contributed by atoms with van der Waals surface area (Å²) in [6, 6.07) is 7.73. The van der Waals surface area contributed by atoms with E-state index in [2.05, 4.69) is 22.9 Å². The van der Waals surface area contributed by atoms with Crippen LogP contribution in [0.1, 0.15) is 31.9 Å². The molecule has 0 bridgehead atoms. The van der Waals surface area contributed by atoms with E-state index in [-0.39, 0.29) is 18.1 Å². The molecule has 1 aromatic carbocycles. The van der Waals surface area contributed by atoms with E-state index in [1.165, 1.54) is 0 Å². The Labute approximate surface area is 129 Å². The molecule has 21 heavy (non-hydrogen) atoms. The highest BCUT2D eigenvalue weighted by molar-refractivity contribution is 7.84. The summed E-state index contributed by atoms with van der Waals surface area (Å²) < 4.78 is 11.0. The van der Waals surface area contributed by atoms with Crippen LogP contribution in [0.4, 0.5) is 10.5 Å². The summed E-state index contributed by atoms with van der Waals surface area (Å²) in [4.78, 5) is 11.9. The van der Waals surface area contributed by atoms with Crippen molar-refractivity contribution < 1.29 is 9.00 Å². The molecule has 6 heteroatoms. The normalized spacial score (nSPS) is 15.0. The summed E-state index contributed by atoms with van der Waals surface area (Å²) in [7, 11) is 1.07. The molecule has 3 N–H and O–H groups in total. The number of amides is 2. The van der Waals surface area contributed by atoms with Crippen LogP contribution < -0.4 is 16.0 Å². The van der Waals surface area contributed by atoms with Crippen molar-refractivity contribution in [2.75, 3.05) is 24.4 Å². The number of hydrogen-bond acceptors (Lipinski definition) is 3. The Balaban J connectivity index is 2.52. The van der Waals surface area contributed by atoms with Gasteiger partial charge in [0.2, 0.25) is 0 Å². The average Bonchev–Trinajstić information content (AvgIpc) is 2.44. The van der Waals surface area contributed by atoms with Crippen LogP contribution in [0.25, 0.3) is 0 Å². The molecule has 3 atom stereocenters. The fraction of sp³-hybridized carbons (Fsp3) is 0.533. The van der Waals surface area contributed by atoms with Crippen LogP contribution in [0.15, 0.2) is 24.3 Å². The fourth-order valence-corrected chi connectivity index (χ4v) is 2.54. The van der Waals surface area contributed by atoms with E-state index in [1.807, 2.05) is 38.2 Å². The van der Waals surface area contributed by atoms with Gasteiger partial charge in [-0.15, -0.1) is 0 Å². The number of nitrogens with one attached hydrogen (secondary N) is 3. The number of hydrogen-bond donors (Lipinski definition) is 3. The molecule has 2 amide bonds. The molecule has 118 valence electrons. The maximum atomic E-state index is 11.9. The Hall–Kier alpha value is -1.40. The van der Waals surface area contributed by atoms with Crippen LogP contribution in [0, 0.1) is 0 Å². The molecular weight excluding hydrogens is 286 g/mol. The van der Waals surface area contributed by atoms with Gasteiger partial charge in [-0.1, -0.05) is 12.1 Å². The molecule has 0 aliphatic carbocycles. The molecular formula is C15H25N3O2S. The van der Waals surface area contributed by atoms with Crippen LogP contribution in [0.3, 0.4) is 0 Å². The molecule has 3 unspecified atom stereocenters. The zero-order valence-electron chi connectivity index (χ0n) is 13.1. The highest BCUT2D eigenvalue weighted by Crippen LogP contribution is 2.16. The number of rotatable bonds is 7. The Morgan fingerprint density at radius 2 is 2.05 bits per heavy atom. The van der Waals surface area contributed by atoms with E-state index in [1.54, 1.807) is 6.26 Å².